The van der Waals surface area contributed by atoms with Crippen molar-refractivity contribution in [2.75, 3.05) is 0 Å². The van der Waals surface area contributed by atoms with Crippen LogP contribution in [0.1, 0.15) is 96.8 Å². The highest BCUT2D eigenvalue weighted by Crippen LogP contribution is 2.09. The molecule has 0 N–H and O–H groups in total. The van der Waals surface area contributed by atoms with Crippen LogP contribution in [0.3, 0.4) is 0 Å². The standard InChI is InChI=1S/C20H35O/c1-2-3-4-5-6-7-8-9-10-11-12-13-14-15-16-17-18-19-20-21/h6-7,9-10H,2-5,8,11-19H2,1H3/b7-6+,10-9+. The van der Waals surface area contributed by atoms with Crippen LogP contribution in [0.2, 0.25) is 0 Å². The maximum atomic E-state index is 10.0. The fraction of sp³-hybridized carbons (Fsp3) is 0.750. The minimum atomic E-state index is 0.623. The molecule has 0 amide bonds. The van der Waals surface area contributed by atoms with Crippen LogP contribution in [0.25, 0.3) is 0 Å². The van der Waals surface area contributed by atoms with Crippen molar-refractivity contribution in [2.45, 2.75) is 96.8 Å². The van der Waals surface area contributed by atoms with Crippen molar-refractivity contribution in [2.24, 2.45) is 0 Å². The molecule has 0 unspecified atom stereocenters. The lowest BCUT2D eigenvalue weighted by Crippen LogP contribution is -1.81. The summed E-state index contributed by atoms with van der Waals surface area (Å²) in [7, 11) is 0. The van der Waals surface area contributed by atoms with Crippen LogP contribution in [-0.2, 0) is 4.79 Å². The smallest absolute Gasteiger partial charge is 0.198 e. The van der Waals surface area contributed by atoms with Crippen LogP contribution in [0.4, 0.5) is 0 Å². The van der Waals surface area contributed by atoms with Crippen molar-refractivity contribution in [1.82, 2.24) is 0 Å². The van der Waals surface area contributed by atoms with Gasteiger partial charge in [0.05, 0.1) is 0 Å². The quantitative estimate of drug-likeness (QED) is 0.229. The van der Waals surface area contributed by atoms with E-state index in [2.05, 4.69) is 31.2 Å². The van der Waals surface area contributed by atoms with E-state index >= 15 is 0 Å². The van der Waals surface area contributed by atoms with Gasteiger partial charge in [-0.15, -0.1) is 0 Å². The Bertz CT molecular complexity index is 253. The van der Waals surface area contributed by atoms with Gasteiger partial charge in [0.25, 0.3) is 0 Å². The van der Waals surface area contributed by atoms with E-state index in [4.69, 9.17) is 0 Å². The Kier molecular flexibility index (Phi) is 18.4. The molecule has 1 nitrogen and oxygen atoms in total. The van der Waals surface area contributed by atoms with Crippen molar-refractivity contribution in [3.8, 4) is 0 Å². The second-order valence-electron chi connectivity index (χ2n) is 5.83. The highest BCUT2D eigenvalue weighted by atomic mass is 16.1. The fourth-order valence-corrected chi connectivity index (χ4v) is 2.36. The molecule has 1 heteroatoms. The van der Waals surface area contributed by atoms with Crippen molar-refractivity contribution >= 4 is 6.29 Å². The Labute approximate surface area is 132 Å². The number of hydrogen-bond donors (Lipinski definition) is 0. The topological polar surface area (TPSA) is 17.1 Å². The average Bonchev–Trinajstić information content (AvgIpc) is 2.50. The normalized spacial score (nSPS) is 11.7. The molecular formula is C20H35O. The molecule has 0 aliphatic rings. The Morgan fingerprint density at radius 1 is 0.667 bits per heavy atom. The first-order valence-corrected chi connectivity index (χ1v) is 9.06. The molecule has 0 saturated heterocycles. The van der Waals surface area contributed by atoms with Gasteiger partial charge in [0.2, 0.25) is 0 Å². The second-order valence-corrected chi connectivity index (χ2v) is 5.83. The van der Waals surface area contributed by atoms with E-state index in [9.17, 15) is 4.79 Å². The lowest BCUT2D eigenvalue weighted by atomic mass is 10.1. The molecule has 1 radical (unpaired) electrons. The van der Waals surface area contributed by atoms with E-state index < -0.39 is 0 Å². The Morgan fingerprint density at radius 3 is 1.76 bits per heavy atom. The maximum absolute atomic E-state index is 10.0. The third-order valence-electron chi connectivity index (χ3n) is 3.73. The predicted octanol–water partition coefficient (Wildman–Crippen LogP) is 6.69. The maximum Gasteiger partial charge on any atom is 0.198 e. The lowest BCUT2D eigenvalue weighted by molar-refractivity contribution is 0.540. The molecule has 0 aliphatic heterocycles. The van der Waals surface area contributed by atoms with Crippen LogP contribution in [0.15, 0.2) is 24.3 Å². The number of allylic oxidation sites excluding steroid dienone is 4. The molecule has 0 aromatic carbocycles. The molecule has 0 heterocycles. The summed E-state index contributed by atoms with van der Waals surface area (Å²) in [4.78, 5) is 10.0. The van der Waals surface area contributed by atoms with E-state index in [0.717, 1.165) is 12.8 Å². The van der Waals surface area contributed by atoms with Crippen LogP contribution < -0.4 is 0 Å². The van der Waals surface area contributed by atoms with E-state index in [0.29, 0.717) is 6.42 Å². The fourth-order valence-electron chi connectivity index (χ4n) is 2.36. The first-order valence-electron chi connectivity index (χ1n) is 9.06. The summed E-state index contributed by atoms with van der Waals surface area (Å²) in [6.45, 7) is 2.25. The highest BCUT2D eigenvalue weighted by molar-refractivity contribution is 5.50. The van der Waals surface area contributed by atoms with Gasteiger partial charge in [-0.25, -0.2) is 0 Å². The van der Waals surface area contributed by atoms with Crippen LogP contribution in [0, 0.1) is 0 Å². The molecular weight excluding hydrogens is 256 g/mol. The first kappa shape index (κ1) is 20.1. The van der Waals surface area contributed by atoms with Crippen LogP contribution >= 0.6 is 0 Å². The summed E-state index contributed by atoms with van der Waals surface area (Å²) < 4.78 is 0. The minimum absolute atomic E-state index is 0.623. The van der Waals surface area contributed by atoms with Crippen molar-refractivity contribution in [3.05, 3.63) is 24.3 Å². The van der Waals surface area contributed by atoms with Gasteiger partial charge in [-0.1, -0.05) is 76.2 Å². The molecule has 0 fully saturated rings. The summed E-state index contributed by atoms with van der Waals surface area (Å²) in [6.07, 6.45) is 28.2. The van der Waals surface area contributed by atoms with Gasteiger partial charge < -0.3 is 0 Å². The van der Waals surface area contributed by atoms with Gasteiger partial charge in [0.1, 0.15) is 0 Å². The summed E-state index contributed by atoms with van der Waals surface area (Å²) in [5, 5.41) is 0. The Balaban J connectivity index is 3.13. The summed E-state index contributed by atoms with van der Waals surface area (Å²) >= 11 is 0. The zero-order chi connectivity index (χ0) is 15.4. The van der Waals surface area contributed by atoms with Gasteiger partial charge in [-0.2, -0.15) is 0 Å². The second kappa shape index (κ2) is 19.1. The third-order valence-corrected chi connectivity index (χ3v) is 3.73. The largest absolute Gasteiger partial charge is 0.291 e. The first-order chi connectivity index (χ1) is 10.4. The zero-order valence-corrected chi connectivity index (χ0v) is 14.1. The van der Waals surface area contributed by atoms with Crippen LogP contribution in [-0.4, -0.2) is 6.29 Å². The number of rotatable bonds is 16. The Hall–Kier alpha value is -0.850. The lowest BCUT2D eigenvalue weighted by Gasteiger charge is -1.99. The predicted molar refractivity (Wildman–Crippen MR) is 94.3 cm³/mol. The molecule has 0 spiro atoms. The molecule has 21 heavy (non-hydrogen) atoms. The molecule has 0 saturated carbocycles. The van der Waals surface area contributed by atoms with Crippen molar-refractivity contribution in [3.63, 3.8) is 0 Å². The zero-order valence-electron chi connectivity index (χ0n) is 14.1. The monoisotopic (exact) mass is 291 g/mol. The van der Waals surface area contributed by atoms with Crippen LogP contribution in [0.5, 0.6) is 0 Å². The van der Waals surface area contributed by atoms with E-state index in [-0.39, 0.29) is 0 Å². The van der Waals surface area contributed by atoms with Gasteiger partial charge in [-0.05, 0) is 38.5 Å². The summed E-state index contributed by atoms with van der Waals surface area (Å²) in [5.41, 5.74) is 0. The van der Waals surface area contributed by atoms with Gasteiger partial charge in [0.15, 0.2) is 6.29 Å². The van der Waals surface area contributed by atoms with Gasteiger partial charge >= 0.3 is 0 Å². The molecule has 0 rings (SSSR count). The molecule has 0 bridgehead atoms. The highest BCUT2D eigenvalue weighted by Gasteiger charge is 1.91. The summed E-state index contributed by atoms with van der Waals surface area (Å²) in [5.74, 6) is 0. The number of carbonyl (C=O) groups excluding carboxylic acids is 1. The van der Waals surface area contributed by atoms with Gasteiger partial charge in [-0.3, -0.25) is 4.79 Å². The number of hydrogen-bond acceptors (Lipinski definition) is 1. The molecule has 0 aromatic rings. The molecule has 0 atom stereocenters. The molecule has 121 valence electrons. The Morgan fingerprint density at radius 2 is 1.19 bits per heavy atom. The average molecular weight is 291 g/mol. The van der Waals surface area contributed by atoms with E-state index in [1.165, 1.54) is 70.6 Å². The SMILES string of the molecule is CCCCC/C=C/C/C=C/CCCCCCCCC[C]=O. The molecule has 0 aromatic heterocycles. The number of unbranched alkanes of at least 4 members (excludes halogenated alkanes) is 11. The summed E-state index contributed by atoms with van der Waals surface area (Å²) in [6, 6.07) is 0. The third kappa shape index (κ3) is 19.1. The minimum Gasteiger partial charge on any atom is -0.291 e. The van der Waals surface area contributed by atoms with Gasteiger partial charge in [0, 0.05) is 6.42 Å². The molecule has 0 aliphatic carbocycles. The van der Waals surface area contributed by atoms with Crippen molar-refractivity contribution < 1.29 is 4.79 Å². The van der Waals surface area contributed by atoms with Crippen molar-refractivity contribution in [1.29, 1.82) is 0 Å². The van der Waals surface area contributed by atoms with E-state index in [1.807, 2.05) is 6.29 Å². The van der Waals surface area contributed by atoms with E-state index in [1.54, 1.807) is 0 Å².